The maximum Gasteiger partial charge on any atom is 0.222 e. The normalized spacial score (nSPS) is 12.4. The summed E-state index contributed by atoms with van der Waals surface area (Å²) in [6.07, 6.45) is 2.21. The Morgan fingerprint density at radius 1 is 1.08 bits per heavy atom. The summed E-state index contributed by atoms with van der Waals surface area (Å²) >= 11 is 0. The summed E-state index contributed by atoms with van der Waals surface area (Å²) in [5.41, 5.74) is 0.897. The van der Waals surface area contributed by atoms with Gasteiger partial charge in [0, 0.05) is 19.7 Å². The minimum Gasteiger partial charge on any atom is -0.494 e. The Kier molecular flexibility index (Phi) is 6.80. The molecule has 0 spiro atoms. The van der Waals surface area contributed by atoms with Crippen molar-refractivity contribution in [2.45, 2.75) is 30.7 Å². The van der Waals surface area contributed by atoms with Crippen LogP contribution in [0.15, 0.2) is 59.5 Å². The minimum atomic E-state index is -3.21. The monoisotopic (exact) mass is 375 g/mol. The van der Waals surface area contributed by atoms with Gasteiger partial charge < -0.3 is 9.64 Å². The molecule has 0 aliphatic carbocycles. The standard InChI is InChI=1S/C20H25NO4S/c1-16(17-11-13-19(14-12-17)26(3,23)24)21(2)20(22)10-7-15-25-18-8-5-4-6-9-18/h4-6,8-9,11-14,16H,7,10,15H2,1-3H3. The molecule has 0 heterocycles. The largest absolute Gasteiger partial charge is 0.494 e. The van der Waals surface area contributed by atoms with Gasteiger partial charge in [0.1, 0.15) is 5.75 Å². The van der Waals surface area contributed by atoms with Gasteiger partial charge in [-0.2, -0.15) is 0 Å². The van der Waals surface area contributed by atoms with E-state index in [0.717, 1.165) is 11.3 Å². The minimum absolute atomic E-state index is 0.0290. The van der Waals surface area contributed by atoms with Crippen LogP contribution in [-0.2, 0) is 14.6 Å². The van der Waals surface area contributed by atoms with Crippen molar-refractivity contribution in [3.63, 3.8) is 0 Å². The summed E-state index contributed by atoms with van der Waals surface area (Å²) in [4.78, 5) is 14.3. The zero-order valence-corrected chi connectivity index (χ0v) is 16.2. The maximum absolute atomic E-state index is 12.4. The molecular weight excluding hydrogens is 350 g/mol. The Morgan fingerprint density at radius 2 is 1.69 bits per heavy atom. The second-order valence-electron chi connectivity index (χ2n) is 6.29. The van der Waals surface area contributed by atoms with Crippen LogP contribution < -0.4 is 4.74 Å². The van der Waals surface area contributed by atoms with Crippen molar-refractivity contribution in [2.75, 3.05) is 19.9 Å². The zero-order valence-electron chi connectivity index (χ0n) is 15.4. The summed E-state index contributed by atoms with van der Waals surface area (Å²) in [7, 11) is -1.45. The van der Waals surface area contributed by atoms with Crippen LogP contribution in [0, 0.1) is 0 Å². The fraction of sp³-hybridized carbons (Fsp3) is 0.350. The second-order valence-corrected chi connectivity index (χ2v) is 8.30. The summed E-state index contributed by atoms with van der Waals surface area (Å²) < 4.78 is 28.7. The molecule has 0 aliphatic rings. The number of hydrogen-bond donors (Lipinski definition) is 0. The van der Waals surface area contributed by atoms with E-state index >= 15 is 0 Å². The first kappa shape index (κ1) is 20.0. The molecule has 0 saturated carbocycles. The summed E-state index contributed by atoms with van der Waals surface area (Å²) in [5.74, 6) is 0.828. The molecule has 6 heteroatoms. The predicted molar refractivity (Wildman–Crippen MR) is 102 cm³/mol. The molecule has 140 valence electrons. The number of ether oxygens (including phenoxy) is 1. The maximum atomic E-state index is 12.4. The van der Waals surface area contributed by atoms with E-state index in [-0.39, 0.29) is 16.8 Å². The molecule has 0 saturated heterocycles. The first-order valence-electron chi connectivity index (χ1n) is 8.52. The molecule has 0 bridgehead atoms. The number of nitrogens with zero attached hydrogens (tertiary/aromatic N) is 1. The van der Waals surface area contributed by atoms with Crippen LogP contribution in [0.4, 0.5) is 0 Å². The molecule has 5 nitrogen and oxygen atoms in total. The highest BCUT2D eigenvalue weighted by Crippen LogP contribution is 2.21. The predicted octanol–water partition coefficient (Wildman–Crippen LogP) is 3.47. The van der Waals surface area contributed by atoms with Gasteiger partial charge in [-0.25, -0.2) is 8.42 Å². The first-order chi connectivity index (χ1) is 12.3. The first-order valence-corrected chi connectivity index (χ1v) is 10.4. The summed E-state index contributed by atoms with van der Waals surface area (Å²) in [6, 6.07) is 16.0. The second kappa shape index (κ2) is 8.85. The third-order valence-corrected chi connectivity index (χ3v) is 5.44. The lowest BCUT2D eigenvalue weighted by molar-refractivity contribution is -0.132. The van der Waals surface area contributed by atoms with E-state index in [1.54, 1.807) is 36.2 Å². The van der Waals surface area contributed by atoms with Crippen LogP contribution in [0.1, 0.15) is 31.4 Å². The smallest absolute Gasteiger partial charge is 0.222 e. The number of benzene rings is 2. The highest BCUT2D eigenvalue weighted by molar-refractivity contribution is 7.90. The third-order valence-electron chi connectivity index (χ3n) is 4.31. The fourth-order valence-corrected chi connectivity index (χ4v) is 3.17. The lowest BCUT2D eigenvalue weighted by Gasteiger charge is -2.25. The Balaban J connectivity index is 1.84. The van der Waals surface area contributed by atoms with Crippen molar-refractivity contribution in [1.29, 1.82) is 0 Å². The number of carbonyl (C=O) groups is 1. The van der Waals surface area contributed by atoms with E-state index in [1.807, 2.05) is 37.3 Å². The van der Waals surface area contributed by atoms with Crippen LogP contribution in [0.25, 0.3) is 0 Å². The molecule has 1 atom stereocenters. The highest BCUT2D eigenvalue weighted by Gasteiger charge is 2.17. The molecule has 0 radical (unpaired) electrons. The average Bonchev–Trinajstić information content (AvgIpc) is 2.64. The molecule has 2 rings (SSSR count). The van der Waals surface area contributed by atoms with Gasteiger partial charge in [-0.05, 0) is 43.2 Å². The van der Waals surface area contributed by atoms with Crippen molar-refractivity contribution in [1.82, 2.24) is 4.90 Å². The van der Waals surface area contributed by atoms with E-state index in [9.17, 15) is 13.2 Å². The Morgan fingerprint density at radius 3 is 2.27 bits per heavy atom. The number of rotatable bonds is 8. The van der Waals surface area contributed by atoms with Crippen molar-refractivity contribution in [2.24, 2.45) is 0 Å². The lowest BCUT2D eigenvalue weighted by atomic mass is 10.1. The molecular formula is C20H25NO4S. The van der Waals surface area contributed by atoms with E-state index in [1.165, 1.54) is 6.26 Å². The average molecular weight is 375 g/mol. The number of amides is 1. The zero-order chi connectivity index (χ0) is 19.2. The van der Waals surface area contributed by atoms with Crippen LogP contribution in [0.2, 0.25) is 0 Å². The number of sulfone groups is 1. The summed E-state index contributed by atoms with van der Waals surface area (Å²) in [6.45, 7) is 2.41. The van der Waals surface area contributed by atoms with Gasteiger partial charge in [-0.3, -0.25) is 4.79 Å². The van der Waals surface area contributed by atoms with E-state index in [0.29, 0.717) is 19.4 Å². The van der Waals surface area contributed by atoms with Gasteiger partial charge in [0.05, 0.1) is 17.5 Å². The van der Waals surface area contributed by atoms with Gasteiger partial charge in [-0.1, -0.05) is 30.3 Å². The van der Waals surface area contributed by atoms with Gasteiger partial charge in [0.25, 0.3) is 0 Å². The molecule has 0 aromatic heterocycles. The molecule has 1 unspecified atom stereocenters. The van der Waals surface area contributed by atoms with E-state index in [4.69, 9.17) is 4.74 Å². The number of carbonyl (C=O) groups excluding carboxylic acids is 1. The SMILES string of the molecule is CC(c1ccc(S(C)(=O)=O)cc1)N(C)C(=O)CCCOc1ccccc1. The van der Waals surface area contributed by atoms with Crippen molar-refractivity contribution < 1.29 is 17.9 Å². The van der Waals surface area contributed by atoms with Crippen molar-refractivity contribution in [3.05, 3.63) is 60.2 Å². The molecule has 26 heavy (non-hydrogen) atoms. The topological polar surface area (TPSA) is 63.7 Å². The Hall–Kier alpha value is -2.34. The van der Waals surface area contributed by atoms with Gasteiger partial charge in [0.2, 0.25) is 5.91 Å². The van der Waals surface area contributed by atoms with Gasteiger partial charge in [0.15, 0.2) is 9.84 Å². The number of hydrogen-bond acceptors (Lipinski definition) is 4. The third kappa shape index (κ3) is 5.59. The molecule has 0 N–H and O–H groups in total. The van der Waals surface area contributed by atoms with E-state index in [2.05, 4.69) is 0 Å². The van der Waals surface area contributed by atoms with Crippen LogP contribution in [0.5, 0.6) is 5.75 Å². The molecule has 0 fully saturated rings. The molecule has 2 aromatic carbocycles. The van der Waals surface area contributed by atoms with Crippen LogP contribution in [-0.4, -0.2) is 39.1 Å². The Bertz CT molecular complexity index is 817. The summed E-state index contributed by atoms with van der Waals surface area (Å²) in [5, 5.41) is 0. The molecule has 1 amide bonds. The molecule has 2 aromatic rings. The fourth-order valence-electron chi connectivity index (χ4n) is 2.54. The quantitative estimate of drug-likeness (QED) is 0.663. The van der Waals surface area contributed by atoms with Gasteiger partial charge in [-0.15, -0.1) is 0 Å². The Labute approximate surface area is 155 Å². The van der Waals surface area contributed by atoms with Crippen LogP contribution >= 0.6 is 0 Å². The van der Waals surface area contributed by atoms with E-state index < -0.39 is 9.84 Å². The van der Waals surface area contributed by atoms with Crippen molar-refractivity contribution >= 4 is 15.7 Å². The van der Waals surface area contributed by atoms with Gasteiger partial charge >= 0.3 is 0 Å². The van der Waals surface area contributed by atoms with Crippen molar-refractivity contribution in [3.8, 4) is 5.75 Å². The molecule has 0 aliphatic heterocycles. The highest BCUT2D eigenvalue weighted by atomic mass is 32.2. The van der Waals surface area contributed by atoms with Crippen LogP contribution in [0.3, 0.4) is 0 Å². The number of para-hydroxylation sites is 1. The lowest BCUT2D eigenvalue weighted by Crippen LogP contribution is -2.29.